The molecule has 0 radical (unpaired) electrons. The summed E-state index contributed by atoms with van der Waals surface area (Å²) >= 11 is 3.47. The lowest BCUT2D eigenvalue weighted by Crippen LogP contribution is -1.94. The minimum atomic E-state index is -0.0306. The van der Waals surface area contributed by atoms with Crippen molar-refractivity contribution in [3.05, 3.63) is 33.3 Å². The van der Waals surface area contributed by atoms with Crippen LogP contribution in [0, 0.1) is 25.2 Å². The topological polar surface area (TPSA) is 23.8 Å². The first-order valence-electron chi connectivity index (χ1n) is 4.22. The lowest BCUT2D eigenvalue weighted by atomic mass is 9.96. The number of rotatable bonds is 1. The minimum absolute atomic E-state index is 0.0306. The predicted octanol–water partition coefficient (Wildman–Crippen LogP) is 3.69. The van der Waals surface area contributed by atoms with E-state index in [1.807, 2.05) is 19.9 Å². The Kier molecular flexibility index (Phi) is 3.11. The van der Waals surface area contributed by atoms with Gasteiger partial charge in [-0.1, -0.05) is 22.0 Å². The van der Waals surface area contributed by atoms with Crippen molar-refractivity contribution in [1.82, 2.24) is 0 Å². The summed E-state index contributed by atoms with van der Waals surface area (Å²) in [5.41, 5.74) is 3.51. The van der Waals surface area contributed by atoms with E-state index in [0.29, 0.717) is 0 Å². The molecule has 1 aromatic carbocycles. The molecule has 1 atom stereocenters. The van der Waals surface area contributed by atoms with E-state index < -0.39 is 0 Å². The predicted molar refractivity (Wildman–Crippen MR) is 57.6 cm³/mol. The molecule has 13 heavy (non-hydrogen) atoms. The van der Waals surface area contributed by atoms with Crippen LogP contribution < -0.4 is 0 Å². The summed E-state index contributed by atoms with van der Waals surface area (Å²) in [6, 6.07) is 6.39. The number of hydrogen-bond acceptors (Lipinski definition) is 1. The third kappa shape index (κ3) is 2.10. The standard InChI is InChI=1S/C11H12BrN/c1-7-4-8(2)11(12)5-10(7)9(3)6-13/h4-5,9H,1-3H3. The molecule has 1 aromatic rings. The Morgan fingerprint density at radius 2 is 1.92 bits per heavy atom. The molecule has 2 heteroatoms. The molecule has 0 aliphatic carbocycles. The minimum Gasteiger partial charge on any atom is -0.198 e. The summed E-state index contributed by atoms with van der Waals surface area (Å²) < 4.78 is 1.08. The fourth-order valence-electron chi connectivity index (χ4n) is 1.38. The highest BCUT2D eigenvalue weighted by molar-refractivity contribution is 9.10. The Balaban J connectivity index is 3.25. The maximum atomic E-state index is 8.81. The summed E-state index contributed by atoms with van der Waals surface area (Å²) in [6.45, 7) is 6.02. The van der Waals surface area contributed by atoms with E-state index >= 15 is 0 Å². The van der Waals surface area contributed by atoms with Crippen molar-refractivity contribution in [2.24, 2.45) is 0 Å². The highest BCUT2D eigenvalue weighted by Crippen LogP contribution is 2.26. The van der Waals surface area contributed by atoms with Gasteiger partial charge in [0.15, 0.2) is 0 Å². The van der Waals surface area contributed by atoms with Crippen molar-refractivity contribution >= 4 is 15.9 Å². The molecule has 0 saturated heterocycles. The van der Waals surface area contributed by atoms with Crippen LogP contribution in [0.25, 0.3) is 0 Å². The van der Waals surface area contributed by atoms with Crippen LogP contribution in [0.5, 0.6) is 0 Å². The molecule has 0 aliphatic rings. The van der Waals surface area contributed by atoms with Crippen molar-refractivity contribution in [2.45, 2.75) is 26.7 Å². The fraction of sp³-hybridized carbons (Fsp3) is 0.364. The number of nitrogens with zero attached hydrogens (tertiary/aromatic N) is 1. The maximum Gasteiger partial charge on any atom is 0.0701 e. The molecule has 1 unspecified atom stereocenters. The zero-order valence-electron chi connectivity index (χ0n) is 8.06. The van der Waals surface area contributed by atoms with E-state index in [1.54, 1.807) is 0 Å². The van der Waals surface area contributed by atoms with Gasteiger partial charge < -0.3 is 0 Å². The van der Waals surface area contributed by atoms with Crippen LogP contribution in [0.4, 0.5) is 0 Å². The van der Waals surface area contributed by atoms with Gasteiger partial charge in [-0.25, -0.2) is 0 Å². The molecular formula is C11H12BrN. The molecule has 1 nitrogen and oxygen atoms in total. The first-order chi connectivity index (χ1) is 6.06. The molecule has 0 bridgehead atoms. The quantitative estimate of drug-likeness (QED) is 0.731. The zero-order valence-corrected chi connectivity index (χ0v) is 9.64. The summed E-state index contributed by atoms with van der Waals surface area (Å²) in [5.74, 6) is -0.0306. The molecule has 0 fully saturated rings. The Bertz CT molecular complexity index is 363. The van der Waals surface area contributed by atoms with Gasteiger partial charge in [0.1, 0.15) is 0 Å². The molecule has 0 saturated carbocycles. The molecule has 0 heterocycles. The van der Waals surface area contributed by atoms with E-state index in [1.165, 1.54) is 11.1 Å². The summed E-state index contributed by atoms with van der Waals surface area (Å²) in [6.07, 6.45) is 0. The van der Waals surface area contributed by atoms with Crippen LogP contribution in [0.3, 0.4) is 0 Å². The lowest BCUT2D eigenvalue weighted by molar-refractivity contribution is 0.962. The Morgan fingerprint density at radius 3 is 2.46 bits per heavy atom. The molecule has 0 spiro atoms. The normalized spacial score (nSPS) is 12.2. The van der Waals surface area contributed by atoms with E-state index in [-0.39, 0.29) is 5.92 Å². The monoisotopic (exact) mass is 237 g/mol. The maximum absolute atomic E-state index is 8.81. The van der Waals surface area contributed by atoms with Crippen molar-refractivity contribution in [2.75, 3.05) is 0 Å². The number of benzene rings is 1. The van der Waals surface area contributed by atoms with E-state index in [2.05, 4.69) is 35.0 Å². The van der Waals surface area contributed by atoms with Crippen LogP contribution in [0.1, 0.15) is 29.5 Å². The Hall–Kier alpha value is -0.810. The van der Waals surface area contributed by atoms with Crippen LogP contribution in [-0.4, -0.2) is 0 Å². The average Bonchev–Trinajstić information content (AvgIpc) is 2.10. The average molecular weight is 238 g/mol. The van der Waals surface area contributed by atoms with Crippen LogP contribution >= 0.6 is 15.9 Å². The summed E-state index contributed by atoms with van der Waals surface area (Å²) in [4.78, 5) is 0. The van der Waals surface area contributed by atoms with E-state index in [4.69, 9.17) is 5.26 Å². The molecule has 0 N–H and O–H groups in total. The fourth-order valence-corrected chi connectivity index (χ4v) is 1.74. The van der Waals surface area contributed by atoms with Crippen LogP contribution in [-0.2, 0) is 0 Å². The third-order valence-electron chi connectivity index (χ3n) is 2.21. The molecular weight excluding hydrogens is 226 g/mol. The van der Waals surface area contributed by atoms with Crippen molar-refractivity contribution < 1.29 is 0 Å². The first-order valence-corrected chi connectivity index (χ1v) is 5.01. The van der Waals surface area contributed by atoms with Gasteiger partial charge in [-0.2, -0.15) is 5.26 Å². The number of aryl methyl sites for hydroxylation is 2. The van der Waals surface area contributed by atoms with Gasteiger partial charge in [0.25, 0.3) is 0 Å². The summed E-state index contributed by atoms with van der Waals surface area (Å²) in [5, 5.41) is 8.81. The SMILES string of the molecule is Cc1cc(C)c(C(C)C#N)cc1Br. The second kappa shape index (κ2) is 3.93. The van der Waals surface area contributed by atoms with Crippen LogP contribution in [0.2, 0.25) is 0 Å². The summed E-state index contributed by atoms with van der Waals surface area (Å²) in [7, 11) is 0. The largest absolute Gasteiger partial charge is 0.198 e. The first kappa shape index (κ1) is 10.3. The number of nitriles is 1. The van der Waals surface area contributed by atoms with Crippen LogP contribution in [0.15, 0.2) is 16.6 Å². The second-order valence-corrected chi connectivity index (χ2v) is 4.16. The Labute approximate surface area is 87.5 Å². The molecule has 1 rings (SSSR count). The third-order valence-corrected chi connectivity index (χ3v) is 3.06. The molecule has 68 valence electrons. The van der Waals surface area contributed by atoms with Crippen molar-refractivity contribution in [3.63, 3.8) is 0 Å². The molecule has 0 aliphatic heterocycles. The lowest BCUT2D eigenvalue weighted by Gasteiger charge is -2.09. The molecule has 0 amide bonds. The van der Waals surface area contributed by atoms with Gasteiger partial charge in [-0.3, -0.25) is 0 Å². The van der Waals surface area contributed by atoms with Crippen molar-refractivity contribution in [1.29, 1.82) is 5.26 Å². The zero-order chi connectivity index (χ0) is 10.0. The van der Waals surface area contributed by atoms with E-state index in [9.17, 15) is 0 Å². The van der Waals surface area contributed by atoms with Gasteiger partial charge in [-0.15, -0.1) is 0 Å². The smallest absolute Gasteiger partial charge is 0.0701 e. The number of halogens is 1. The highest BCUT2D eigenvalue weighted by Gasteiger charge is 2.08. The van der Waals surface area contributed by atoms with Gasteiger partial charge in [-0.05, 0) is 43.5 Å². The van der Waals surface area contributed by atoms with Gasteiger partial charge in [0, 0.05) is 4.47 Å². The van der Waals surface area contributed by atoms with Crippen molar-refractivity contribution in [3.8, 4) is 6.07 Å². The van der Waals surface area contributed by atoms with Gasteiger partial charge in [0.2, 0.25) is 0 Å². The molecule has 0 aromatic heterocycles. The Morgan fingerprint density at radius 1 is 1.31 bits per heavy atom. The number of hydrogen-bond donors (Lipinski definition) is 0. The van der Waals surface area contributed by atoms with Gasteiger partial charge >= 0.3 is 0 Å². The second-order valence-electron chi connectivity index (χ2n) is 3.31. The van der Waals surface area contributed by atoms with Gasteiger partial charge in [0.05, 0.1) is 12.0 Å². The van der Waals surface area contributed by atoms with E-state index in [0.717, 1.165) is 10.0 Å². The highest BCUT2D eigenvalue weighted by atomic mass is 79.9.